The Hall–Kier alpha value is -1.06. The number of aryl methyl sites for hydroxylation is 1. The largest absolute Gasteiger partial charge is 0.469 e. The molecule has 0 spiro atoms. The molecule has 1 aromatic carbocycles. The number of carbonyl (C=O) groups is 1. The summed E-state index contributed by atoms with van der Waals surface area (Å²) in [6, 6.07) is 5.06. The maximum absolute atomic E-state index is 11.7. The Labute approximate surface area is 107 Å². The number of nitrogens with two attached hydrogens (primary N) is 1. The molecule has 3 nitrogen and oxygen atoms in total. The van der Waals surface area contributed by atoms with E-state index >= 15 is 0 Å². The van der Waals surface area contributed by atoms with E-state index in [9.17, 15) is 4.79 Å². The van der Waals surface area contributed by atoms with Crippen molar-refractivity contribution in [1.82, 2.24) is 0 Å². The Bertz CT molecular complexity index is 409. The van der Waals surface area contributed by atoms with Gasteiger partial charge in [0.05, 0.1) is 12.5 Å². The summed E-state index contributed by atoms with van der Waals surface area (Å²) in [4.78, 5) is 11.7. The topological polar surface area (TPSA) is 52.3 Å². The Kier molecular flexibility index (Phi) is 4.17. The molecule has 0 fully saturated rings. The molecule has 0 aliphatic rings. The molecule has 0 saturated carbocycles. The number of carbonyl (C=O) groups excluding carboxylic acids is 1. The first kappa shape index (κ1) is 14.0. The minimum Gasteiger partial charge on any atom is -0.469 e. The van der Waals surface area contributed by atoms with Gasteiger partial charge in [0.1, 0.15) is 0 Å². The van der Waals surface area contributed by atoms with Gasteiger partial charge in [0.25, 0.3) is 0 Å². The van der Waals surface area contributed by atoms with E-state index in [0.29, 0.717) is 5.02 Å². The van der Waals surface area contributed by atoms with E-state index in [1.54, 1.807) is 19.9 Å². The summed E-state index contributed by atoms with van der Waals surface area (Å²) >= 11 is 6.15. The zero-order valence-corrected chi connectivity index (χ0v) is 11.3. The highest BCUT2D eigenvalue weighted by atomic mass is 35.5. The van der Waals surface area contributed by atoms with Gasteiger partial charge < -0.3 is 10.5 Å². The van der Waals surface area contributed by atoms with Gasteiger partial charge in [-0.25, -0.2) is 0 Å². The Balaban J connectivity index is 3.21. The number of benzene rings is 1. The normalized spacial score (nSPS) is 13.3. The highest BCUT2D eigenvalue weighted by Crippen LogP contribution is 2.37. The summed E-state index contributed by atoms with van der Waals surface area (Å²) in [6.07, 6.45) is 0. The lowest BCUT2D eigenvalue weighted by atomic mass is 9.79. The van der Waals surface area contributed by atoms with Crippen LogP contribution in [0.3, 0.4) is 0 Å². The standard InChI is InChI=1S/C13H18ClNO2/c1-8-6-5-7-9(14)10(8)11(15)13(2,3)12(16)17-4/h5-7,11H,15H2,1-4H3/t11-/m0/s1. The van der Waals surface area contributed by atoms with Gasteiger partial charge in [-0.15, -0.1) is 0 Å². The van der Waals surface area contributed by atoms with E-state index in [1.807, 2.05) is 19.1 Å². The van der Waals surface area contributed by atoms with Crippen molar-refractivity contribution in [2.75, 3.05) is 7.11 Å². The van der Waals surface area contributed by atoms with E-state index in [1.165, 1.54) is 7.11 Å². The zero-order chi connectivity index (χ0) is 13.2. The van der Waals surface area contributed by atoms with E-state index < -0.39 is 11.5 Å². The minimum absolute atomic E-state index is 0.343. The smallest absolute Gasteiger partial charge is 0.313 e. The molecule has 0 amide bonds. The molecule has 0 aromatic heterocycles. The summed E-state index contributed by atoms with van der Waals surface area (Å²) in [6.45, 7) is 5.44. The van der Waals surface area contributed by atoms with E-state index in [0.717, 1.165) is 11.1 Å². The number of methoxy groups -OCH3 is 1. The fourth-order valence-corrected chi connectivity index (χ4v) is 2.13. The SMILES string of the molecule is COC(=O)C(C)(C)[C@@H](N)c1c(C)cccc1Cl. The highest BCUT2D eigenvalue weighted by molar-refractivity contribution is 6.31. The van der Waals surface area contributed by atoms with Crippen molar-refractivity contribution in [2.45, 2.75) is 26.8 Å². The van der Waals surface area contributed by atoms with E-state index in [2.05, 4.69) is 0 Å². The third kappa shape index (κ3) is 2.61. The van der Waals surface area contributed by atoms with Crippen molar-refractivity contribution in [1.29, 1.82) is 0 Å². The van der Waals surface area contributed by atoms with Crippen LogP contribution < -0.4 is 5.73 Å². The summed E-state index contributed by atoms with van der Waals surface area (Å²) < 4.78 is 4.78. The van der Waals surface area contributed by atoms with Crippen LogP contribution in [-0.4, -0.2) is 13.1 Å². The summed E-state index contributed by atoms with van der Waals surface area (Å²) in [7, 11) is 1.36. The molecule has 4 heteroatoms. The van der Waals surface area contributed by atoms with Crippen LogP contribution >= 0.6 is 11.6 Å². The lowest BCUT2D eigenvalue weighted by molar-refractivity contribution is -0.152. The molecule has 17 heavy (non-hydrogen) atoms. The second-order valence-corrected chi connectivity index (χ2v) is 5.07. The number of hydrogen-bond donors (Lipinski definition) is 1. The van der Waals surface area contributed by atoms with E-state index in [4.69, 9.17) is 22.1 Å². The Morgan fingerprint density at radius 1 is 1.47 bits per heavy atom. The maximum atomic E-state index is 11.7. The van der Waals surface area contributed by atoms with Crippen molar-refractivity contribution >= 4 is 17.6 Å². The first-order valence-electron chi connectivity index (χ1n) is 5.41. The van der Waals surface area contributed by atoms with Gasteiger partial charge in [-0.05, 0) is 38.0 Å². The van der Waals surface area contributed by atoms with Crippen molar-refractivity contribution in [3.05, 3.63) is 34.3 Å². The van der Waals surface area contributed by atoms with Crippen molar-refractivity contribution < 1.29 is 9.53 Å². The number of hydrogen-bond acceptors (Lipinski definition) is 3. The van der Waals surface area contributed by atoms with Gasteiger partial charge in [0.15, 0.2) is 0 Å². The third-order valence-electron chi connectivity index (χ3n) is 3.07. The lowest BCUT2D eigenvalue weighted by Crippen LogP contribution is -2.37. The molecule has 0 aliphatic carbocycles. The molecular weight excluding hydrogens is 238 g/mol. The number of halogens is 1. The average Bonchev–Trinajstić information content (AvgIpc) is 2.27. The van der Waals surface area contributed by atoms with Crippen LogP contribution in [0, 0.1) is 12.3 Å². The third-order valence-corrected chi connectivity index (χ3v) is 3.40. The second-order valence-electron chi connectivity index (χ2n) is 4.66. The lowest BCUT2D eigenvalue weighted by Gasteiger charge is -2.30. The van der Waals surface area contributed by atoms with Crippen molar-refractivity contribution in [3.63, 3.8) is 0 Å². The van der Waals surface area contributed by atoms with Gasteiger partial charge in [-0.3, -0.25) is 4.79 Å². The van der Waals surface area contributed by atoms with Crippen molar-refractivity contribution in [2.24, 2.45) is 11.1 Å². The van der Waals surface area contributed by atoms with Crippen LogP contribution in [0.15, 0.2) is 18.2 Å². The molecule has 2 N–H and O–H groups in total. The van der Waals surface area contributed by atoms with Crippen LogP contribution in [0.4, 0.5) is 0 Å². The van der Waals surface area contributed by atoms with E-state index in [-0.39, 0.29) is 5.97 Å². The molecule has 0 saturated heterocycles. The predicted molar refractivity (Wildman–Crippen MR) is 68.9 cm³/mol. The predicted octanol–water partition coefficient (Wildman–Crippen LogP) is 2.85. The van der Waals surface area contributed by atoms with Crippen LogP contribution in [0.25, 0.3) is 0 Å². The molecule has 94 valence electrons. The summed E-state index contributed by atoms with van der Waals surface area (Å²) in [5.41, 5.74) is 7.12. The molecule has 0 unspecified atom stereocenters. The first-order chi connectivity index (χ1) is 7.82. The Morgan fingerprint density at radius 3 is 2.53 bits per heavy atom. The van der Waals surface area contributed by atoms with Gasteiger partial charge in [0.2, 0.25) is 0 Å². The molecule has 0 radical (unpaired) electrons. The molecule has 1 aromatic rings. The number of ether oxygens (including phenoxy) is 1. The van der Waals surface area contributed by atoms with Crippen LogP contribution in [-0.2, 0) is 9.53 Å². The van der Waals surface area contributed by atoms with Crippen LogP contribution in [0.5, 0.6) is 0 Å². The second kappa shape index (κ2) is 5.07. The average molecular weight is 256 g/mol. The monoisotopic (exact) mass is 255 g/mol. The fraction of sp³-hybridized carbons (Fsp3) is 0.462. The van der Waals surface area contributed by atoms with Gasteiger partial charge in [-0.1, -0.05) is 23.7 Å². The fourth-order valence-electron chi connectivity index (χ4n) is 1.79. The number of esters is 1. The summed E-state index contributed by atoms with van der Waals surface area (Å²) in [5, 5.41) is 0.578. The number of rotatable bonds is 3. The quantitative estimate of drug-likeness (QED) is 0.845. The minimum atomic E-state index is -0.815. The van der Waals surface area contributed by atoms with Crippen LogP contribution in [0.2, 0.25) is 5.02 Å². The summed E-state index contributed by atoms with van der Waals surface area (Å²) in [5.74, 6) is -0.343. The first-order valence-corrected chi connectivity index (χ1v) is 5.79. The molecule has 0 aliphatic heterocycles. The zero-order valence-electron chi connectivity index (χ0n) is 10.6. The molecule has 1 rings (SSSR count). The Morgan fingerprint density at radius 2 is 2.06 bits per heavy atom. The molecule has 0 bridgehead atoms. The highest BCUT2D eigenvalue weighted by Gasteiger charge is 2.38. The van der Waals surface area contributed by atoms with Crippen molar-refractivity contribution in [3.8, 4) is 0 Å². The van der Waals surface area contributed by atoms with Gasteiger partial charge >= 0.3 is 5.97 Å². The van der Waals surface area contributed by atoms with Gasteiger partial charge in [-0.2, -0.15) is 0 Å². The maximum Gasteiger partial charge on any atom is 0.313 e. The van der Waals surface area contributed by atoms with Gasteiger partial charge in [0, 0.05) is 11.1 Å². The molecular formula is C13H18ClNO2. The molecule has 0 heterocycles. The molecule has 1 atom stereocenters. The van der Waals surface area contributed by atoms with Crippen LogP contribution in [0.1, 0.15) is 31.0 Å².